The lowest BCUT2D eigenvalue weighted by molar-refractivity contribution is 0.260. The van der Waals surface area contributed by atoms with E-state index in [1.54, 1.807) is 0 Å². The third-order valence-electron chi connectivity index (χ3n) is 3.49. The monoisotopic (exact) mass is 218 g/mol. The van der Waals surface area contributed by atoms with Gasteiger partial charge in [-0.05, 0) is 38.9 Å². The van der Waals surface area contributed by atoms with Gasteiger partial charge in [-0.2, -0.15) is 0 Å². The maximum absolute atomic E-state index is 3.42. The molecular formula is C14H22N2. The number of rotatable bonds is 4. The van der Waals surface area contributed by atoms with E-state index in [4.69, 9.17) is 0 Å². The highest BCUT2D eigenvalue weighted by molar-refractivity contribution is 5.22. The summed E-state index contributed by atoms with van der Waals surface area (Å²) in [7, 11) is 2.24. The highest BCUT2D eigenvalue weighted by Crippen LogP contribution is 2.09. The number of aryl methyl sites for hydroxylation is 1. The molecule has 1 unspecified atom stereocenters. The van der Waals surface area contributed by atoms with E-state index >= 15 is 0 Å². The Morgan fingerprint density at radius 3 is 3.00 bits per heavy atom. The fraction of sp³-hybridized carbons (Fsp3) is 0.571. The van der Waals surface area contributed by atoms with Crippen molar-refractivity contribution in [2.45, 2.75) is 25.8 Å². The molecule has 2 nitrogen and oxygen atoms in total. The molecule has 2 rings (SSSR count). The molecule has 2 heteroatoms. The molecule has 1 heterocycles. The van der Waals surface area contributed by atoms with Crippen LogP contribution in [0.3, 0.4) is 0 Å². The zero-order valence-corrected chi connectivity index (χ0v) is 10.4. The standard InChI is InChI=1S/C14H22N2/c1-12-4-3-5-13(10-12)7-9-16(2)14-6-8-15-11-14/h3-5,10,14-15H,6-9,11H2,1-2H3. The Kier molecular flexibility index (Phi) is 3.97. The summed E-state index contributed by atoms with van der Waals surface area (Å²) in [6, 6.07) is 9.58. The first-order valence-corrected chi connectivity index (χ1v) is 6.22. The molecule has 1 fully saturated rings. The van der Waals surface area contributed by atoms with Crippen LogP contribution in [0.2, 0.25) is 0 Å². The van der Waals surface area contributed by atoms with E-state index < -0.39 is 0 Å². The Labute approximate surface area is 98.7 Å². The van der Waals surface area contributed by atoms with Crippen molar-refractivity contribution in [3.05, 3.63) is 35.4 Å². The molecule has 1 aliphatic heterocycles. The van der Waals surface area contributed by atoms with Gasteiger partial charge >= 0.3 is 0 Å². The van der Waals surface area contributed by atoms with Gasteiger partial charge < -0.3 is 10.2 Å². The van der Waals surface area contributed by atoms with Gasteiger partial charge in [0.1, 0.15) is 0 Å². The first-order chi connectivity index (χ1) is 7.75. The zero-order valence-electron chi connectivity index (χ0n) is 10.4. The average Bonchev–Trinajstić information content (AvgIpc) is 2.79. The van der Waals surface area contributed by atoms with Crippen molar-refractivity contribution in [1.29, 1.82) is 0 Å². The molecule has 0 aromatic heterocycles. The second-order valence-electron chi connectivity index (χ2n) is 4.87. The largest absolute Gasteiger partial charge is 0.315 e. The lowest BCUT2D eigenvalue weighted by Gasteiger charge is -2.23. The van der Waals surface area contributed by atoms with Crippen molar-refractivity contribution in [1.82, 2.24) is 10.2 Å². The molecular weight excluding hydrogens is 196 g/mol. The normalized spacial score (nSPS) is 20.6. The van der Waals surface area contributed by atoms with E-state index in [0.29, 0.717) is 0 Å². The molecule has 16 heavy (non-hydrogen) atoms. The average molecular weight is 218 g/mol. The molecule has 1 aromatic carbocycles. The first kappa shape index (κ1) is 11.6. The summed E-state index contributed by atoms with van der Waals surface area (Å²) in [6.45, 7) is 5.66. The lowest BCUT2D eigenvalue weighted by atomic mass is 10.1. The third-order valence-corrected chi connectivity index (χ3v) is 3.49. The van der Waals surface area contributed by atoms with Crippen molar-refractivity contribution in [3.8, 4) is 0 Å². The van der Waals surface area contributed by atoms with Crippen LogP contribution in [0.5, 0.6) is 0 Å². The van der Waals surface area contributed by atoms with E-state index in [0.717, 1.165) is 25.6 Å². The van der Waals surface area contributed by atoms with E-state index in [1.807, 2.05) is 0 Å². The van der Waals surface area contributed by atoms with Crippen LogP contribution in [0.25, 0.3) is 0 Å². The van der Waals surface area contributed by atoms with Crippen LogP contribution in [0.1, 0.15) is 17.5 Å². The van der Waals surface area contributed by atoms with Crippen LogP contribution in [0, 0.1) is 6.92 Å². The Morgan fingerprint density at radius 1 is 1.44 bits per heavy atom. The number of likely N-dealkylation sites (N-methyl/N-ethyl adjacent to an activating group) is 1. The van der Waals surface area contributed by atoms with Crippen molar-refractivity contribution < 1.29 is 0 Å². The summed E-state index contributed by atoms with van der Waals surface area (Å²) in [6.07, 6.45) is 2.46. The fourth-order valence-electron chi connectivity index (χ4n) is 2.37. The minimum Gasteiger partial charge on any atom is -0.315 e. The van der Waals surface area contributed by atoms with Crippen LogP contribution < -0.4 is 5.32 Å². The van der Waals surface area contributed by atoms with E-state index in [-0.39, 0.29) is 0 Å². The fourth-order valence-corrected chi connectivity index (χ4v) is 2.37. The predicted octanol–water partition coefficient (Wildman–Crippen LogP) is 1.83. The number of nitrogens with one attached hydrogen (secondary N) is 1. The maximum Gasteiger partial charge on any atom is 0.0229 e. The highest BCUT2D eigenvalue weighted by atomic mass is 15.2. The van der Waals surface area contributed by atoms with Crippen molar-refractivity contribution in [3.63, 3.8) is 0 Å². The summed E-state index contributed by atoms with van der Waals surface area (Å²) in [5, 5.41) is 3.42. The van der Waals surface area contributed by atoms with Crippen molar-refractivity contribution in [2.75, 3.05) is 26.7 Å². The second kappa shape index (κ2) is 5.46. The summed E-state index contributed by atoms with van der Waals surface area (Å²) < 4.78 is 0. The van der Waals surface area contributed by atoms with Crippen molar-refractivity contribution >= 4 is 0 Å². The molecule has 0 bridgehead atoms. The van der Waals surface area contributed by atoms with Crippen LogP contribution in [0.15, 0.2) is 24.3 Å². The number of benzene rings is 1. The Morgan fingerprint density at radius 2 is 2.31 bits per heavy atom. The summed E-state index contributed by atoms with van der Waals surface area (Å²) in [4.78, 5) is 2.49. The summed E-state index contributed by atoms with van der Waals surface area (Å²) >= 11 is 0. The van der Waals surface area contributed by atoms with Gasteiger partial charge in [0.05, 0.1) is 0 Å². The molecule has 88 valence electrons. The number of nitrogens with zero attached hydrogens (tertiary/aromatic N) is 1. The van der Waals surface area contributed by atoms with Gasteiger partial charge in [0.15, 0.2) is 0 Å². The number of hydrogen-bond donors (Lipinski definition) is 1. The quantitative estimate of drug-likeness (QED) is 0.829. The highest BCUT2D eigenvalue weighted by Gasteiger charge is 2.18. The van der Waals surface area contributed by atoms with Crippen LogP contribution in [0.4, 0.5) is 0 Å². The summed E-state index contributed by atoms with van der Waals surface area (Å²) in [5.41, 5.74) is 2.82. The topological polar surface area (TPSA) is 15.3 Å². The van der Waals surface area contributed by atoms with Crippen LogP contribution in [-0.4, -0.2) is 37.6 Å². The minimum atomic E-state index is 0.741. The maximum atomic E-state index is 3.42. The lowest BCUT2D eigenvalue weighted by Crippen LogP contribution is -2.34. The molecule has 0 radical (unpaired) electrons. The van der Waals surface area contributed by atoms with Gasteiger partial charge in [-0.15, -0.1) is 0 Å². The Bertz CT molecular complexity index is 329. The second-order valence-corrected chi connectivity index (χ2v) is 4.87. The molecule has 0 saturated carbocycles. The van der Waals surface area contributed by atoms with Gasteiger partial charge in [0.2, 0.25) is 0 Å². The predicted molar refractivity (Wildman–Crippen MR) is 68.8 cm³/mol. The molecule has 0 amide bonds. The Hall–Kier alpha value is -0.860. The van der Waals surface area contributed by atoms with Gasteiger partial charge in [0, 0.05) is 19.1 Å². The zero-order chi connectivity index (χ0) is 11.4. The molecule has 1 aromatic rings. The molecule has 1 aliphatic rings. The van der Waals surface area contributed by atoms with Crippen LogP contribution in [-0.2, 0) is 6.42 Å². The van der Waals surface area contributed by atoms with Gasteiger partial charge in [-0.1, -0.05) is 29.8 Å². The minimum absolute atomic E-state index is 0.741. The Balaban J connectivity index is 1.82. The van der Waals surface area contributed by atoms with E-state index in [1.165, 1.54) is 24.1 Å². The van der Waals surface area contributed by atoms with Gasteiger partial charge in [-0.25, -0.2) is 0 Å². The van der Waals surface area contributed by atoms with E-state index in [9.17, 15) is 0 Å². The smallest absolute Gasteiger partial charge is 0.0229 e. The van der Waals surface area contributed by atoms with E-state index in [2.05, 4.69) is 48.5 Å². The molecule has 1 N–H and O–H groups in total. The third kappa shape index (κ3) is 3.06. The molecule has 0 spiro atoms. The number of hydrogen-bond acceptors (Lipinski definition) is 2. The SMILES string of the molecule is Cc1cccc(CCN(C)C2CCNC2)c1. The summed E-state index contributed by atoms with van der Waals surface area (Å²) in [5.74, 6) is 0. The van der Waals surface area contributed by atoms with Crippen molar-refractivity contribution in [2.24, 2.45) is 0 Å². The van der Waals surface area contributed by atoms with Gasteiger partial charge in [0.25, 0.3) is 0 Å². The van der Waals surface area contributed by atoms with Gasteiger partial charge in [-0.3, -0.25) is 0 Å². The molecule has 1 saturated heterocycles. The molecule has 1 atom stereocenters. The molecule has 0 aliphatic carbocycles. The first-order valence-electron chi connectivity index (χ1n) is 6.22. The van der Waals surface area contributed by atoms with Crippen LogP contribution >= 0.6 is 0 Å².